The average Bonchev–Trinajstić information content (AvgIpc) is 2.55. The van der Waals surface area contributed by atoms with E-state index in [4.69, 9.17) is 4.74 Å². The lowest BCUT2D eigenvalue weighted by molar-refractivity contribution is -0.123. The van der Waals surface area contributed by atoms with Gasteiger partial charge in [0.05, 0.1) is 11.9 Å². The van der Waals surface area contributed by atoms with Crippen LogP contribution in [0.1, 0.15) is 40.4 Å². The minimum absolute atomic E-state index is 0.0267. The van der Waals surface area contributed by atoms with Crippen LogP contribution in [0.2, 0.25) is 0 Å². The van der Waals surface area contributed by atoms with Crippen molar-refractivity contribution < 1.29 is 19.1 Å². The van der Waals surface area contributed by atoms with Gasteiger partial charge in [-0.2, -0.15) is 0 Å². The Kier molecular flexibility index (Phi) is 5.36. The number of anilines is 1. The number of rotatable bonds is 5. The number of carbonyl (C=O) groups excluding carboxylic acids is 3. The van der Waals surface area contributed by atoms with Gasteiger partial charge in [-0.05, 0) is 32.9 Å². The Morgan fingerprint density at radius 1 is 1.17 bits per heavy atom. The zero-order chi connectivity index (χ0) is 17.7. The van der Waals surface area contributed by atoms with Gasteiger partial charge in [-0.3, -0.25) is 14.6 Å². The van der Waals surface area contributed by atoms with Crippen molar-refractivity contribution in [2.75, 3.05) is 5.32 Å². The molecule has 2 rings (SSSR count). The number of aryl methyl sites for hydroxylation is 1. The molecule has 1 N–H and O–H groups in total. The lowest BCUT2D eigenvalue weighted by atomic mass is 10.1. The van der Waals surface area contributed by atoms with Gasteiger partial charge in [-0.25, -0.2) is 9.78 Å². The molecule has 0 saturated carbocycles. The monoisotopic (exact) mass is 327 g/mol. The number of aromatic nitrogens is 2. The van der Waals surface area contributed by atoms with Gasteiger partial charge in [-0.15, -0.1) is 0 Å². The van der Waals surface area contributed by atoms with E-state index >= 15 is 0 Å². The van der Waals surface area contributed by atoms with E-state index in [1.807, 2.05) is 0 Å². The maximum atomic E-state index is 12.1. The van der Waals surface area contributed by atoms with Gasteiger partial charge in [0.1, 0.15) is 0 Å². The molecule has 0 aliphatic heterocycles. The molecular weight excluding hydrogens is 310 g/mol. The van der Waals surface area contributed by atoms with Crippen molar-refractivity contribution in [3.63, 3.8) is 0 Å². The molecule has 1 aromatic heterocycles. The predicted molar refractivity (Wildman–Crippen MR) is 86.7 cm³/mol. The number of nitrogens with zero attached hydrogens (tertiary/aromatic N) is 2. The molecule has 1 unspecified atom stereocenters. The summed E-state index contributed by atoms with van der Waals surface area (Å²) >= 11 is 0. The van der Waals surface area contributed by atoms with E-state index in [0.29, 0.717) is 16.9 Å². The zero-order valence-corrected chi connectivity index (χ0v) is 13.6. The summed E-state index contributed by atoms with van der Waals surface area (Å²) in [5.74, 6) is -1.35. The summed E-state index contributed by atoms with van der Waals surface area (Å²) in [7, 11) is 0. The van der Waals surface area contributed by atoms with E-state index in [0.717, 1.165) is 0 Å². The van der Waals surface area contributed by atoms with E-state index in [-0.39, 0.29) is 11.5 Å². The molecule has 0 aliphatic carbocycles. The molecule has 0 radical (unpaired) electrons. The SMILES string of the molecule is CC(=O)c1cccc(NC(=O)C(C)OC(=O)c2cnc(C)cn2)c1. The average molecular weight is 327 g/mol. The lowest BCUT2D eigenvalue weighted by Crippen LogP contribution is -2.30. The highest BCUT2D eigenvalue weighted by Crippen LogP contribution is 2.12. The standard InChI is InChI=1S/C17H17N3O4/c1-10-8-19-15(9-18-10)17(23)24-12(3)16(22)20-14-6-4-5-13(7-14)11(2)21/h4-9,12H,1-3H3,(H,20,22). The molecule has 2 aromatic rings. The number of Topliss-reactive ketones (excluding diaryl/α,β-unsaturated/α-hetero) is 1. The summed E-state index contributed by atoms with van der Waals surface area (Å²) in [5, 5.41) is 2.60. The molecule has 7 nitrogen and oxygen atoms in total. The van der Waals surface area contributed by atoms with Gasteiger partial charge in [0.15, 0.2) is 17.6 Å². The molecule has 1 aromatic carbocycles. The van der Waals surface area contributed by atoms with Crippen LogP contribution in [0.4, 0.5) is 5.69 Å². The van der Waals surface area contributed by atoms with Crippen LogP contribution in [-0.4, -0.2) is 33.7 Å². The van der Waals surface area contributed by atoms with Crippen molar-refractivity contribution >= 4 is 23.3 Å². The number of hydrogen-bond donors (Lipinski definition) is 1. The van der Waals surface area contributed by atoms with Crippen molar-refractivity contribution in [1.82, 2.24) is 9.97 Å². The first kappa shape index (κ1) is 17.3. The van der Waals surface area contributed by atoms with Crippen molar-refractivity contribution in [3.05, 3.63) is 53.6 Å². The number of esters is 1. The highest BCUT2D eigenvalue weighted by Gasteiger charge is 2.20. The fraction of sp³-hybridized carbons (Fsp3) is 0.235. The number of carbonyl (C=O) groups is 3. The Morgan fingerprint density at radius 2 is 1.92 bits per heavy atom. The minimum atomic E-state index is -1.03. The van der Waals surface area contributed by atoms with Crippen molar-refractivity contribution in [2.24, 2.45) is 0 Å². The van der Waals surface area contributed by atoms with Crippen LogP contribution >= 0.6 is 0 Å². The number of nitrogens with one attached hydrogen (secondary N) is 1. The summed E-state index contributed by atoms with van der Waals surface area (Å²) in [4.78, 5) is 43.2. The molecule has 1 atom stereocenters. The Hall–Kier alpha value is -3.09. The maximum absolute atomic E-state index is 12.1. The Balaban J connectivity index is 1.99. The third-order valence-corrected chi connectivity index (χ3v) is 3.18. The molecule has 24 heavy (non-hydrogen) atoms. The number of ketones is 1. The minimum Gasteiger partial charge on any atom is -0.448 e. The van der Waals surface area contributed by atoms with Crippen LogP contribution in [0.15, 0.2) is 36.7 Å². The Morgan fingerprint density at radius 3 is 2.54 bits per heavy atom. The first-order chi connectivity index (χ1) is 11.4. The van der Waals surface area contributed by atoms with Crippen LogP contribution in [-0.2, 0) is 9.53 Å². The number of benzene rings is 1. The van der Waals surface area contributed by atoms with Crippen molar-refractivity contribution in [1.29, 1.82) is 0 Å². The predicted octanol–water partition coefficient (Wildman–Crippen LogP) is 2.17. The maximum Gasteiger partial charge on any atom is 0.359 e. The highest BCUT2D eigenvalue weighted by molar-refractivity contribution is 5.99. The van der Waals surface area contributed by atoms with Gasteiger partial charge in [0.25, 0.3) is 5.91 Å². The summed E-state index contributed by atoms with van der Waals surface area (Å²) in [6, 6.07) is 6.51. The summed E-state index contributed by atoms with van der Waals surface area (Å²) in [6.07, 6.45) is 1.70. The van der Waals surface area contributed by atoms with Gasteiger partial charge in [0.2, 0.25) is 0 Å². The Bertz CT molecular complexity index is 772. The second-order valence-electron chi connectivity index (χ2n) is 5.22. The first-order valence-corrected chi connectivity index (χ1v) is 7.28. The van der Waals surface area contributed by atoms with Gasteiger partial charge >= 0.3 is 5.97 Å². The first-order valence-electron chi connectivity index (χ1n) is 7.28. The fourth-order valence-electron chi connectivity index (χ4n) is 1.83. The molecule has 0 aliphatic rings. The normalized spacial score (nSPS) is 11.5. The van der Waals surface area contributed by atoms with E-state index in [9.17, 15) is 14.4 Å². The second kappa shape index (κ2) is 7.45. The topological polar surface area (TPSA) is 98.2 Å². The molecule has 0 spiro atoms. The Labute approximate surface area is 139 Å². The molecule has 0 saturated heterocycles. The molecule has 0 fully saturated rings. The van der Waals surface area contributed by atoms with Crippen LogP contribution < -0.4 is 5.32 Å². The number of hydrogen-bond acceptors (Lipinski definition) is 6. The lowest BCUT2D eigenvalue weighted by Gasteiger charge is -2.13. The van der Waals surface area contributed by atoms with Crippen molar-refractivity contribution in [3.8, 4) is 0 Å². The summed E-state index contributed by atoms with van der Waals surface area (Å²) < 4.78 is 5.07. The number of ether oxygens (including phenoxy) is 1. The zero-order valence-electron chi connectivity index (χ0n) is 13.6. The van der Waals surface area contributed by atoms with E-state index in [2.05, 4.69) is 15.3 Å². The summed E-state index contributed by atoms with van der Waals surface area (Å²) in [5.41, 5.74) is 1.62. The fourth-order valence-corrected chi connectivity index (χ4v) is 1.83. The van der Waals surface area contributed by atoms with E-state index in [1.54, 1.807) is 31.2 Å². The quantitative estimate of drug-likeness (QED) is 0.667. The largest absolute Gasteiger partial charge is 0.448 e. The molecular formula is C17H17N3O4. The van der Waals surface area contributed by atoms with Crippen LogP contribution in [0.5, 0.6) is 0 Å². The third-order valence-electron chi connectivity index (χ3n) is 3.18. The van der Waals surface area contributed by atoms with E-state index in [1.165, 1.54) is 26.2 Å². The van der Waals surface area contributed by atoms with Crippen LogP contribution in [0, 0.1) is 6.92 Å². The second-order valence-corrected chi connectivity index (χ2v) is 5.22. The third kappa shape index (κ3) is 4.45. The van der Waals surface area contributed by atoms with Crippen LogP contribution in [0.25, 0.3) is 0 Å². The van der Waals surface area contributed by atoms with Crippen molar-refractivity contribution in [2.45, 2.75) is 26.9 Å². The summed E-state index contributed by atoms with van der Waals surface area (Å²) in [6.45, 7) is 4.63. The highest BCUT2D eigenvalue weighted by atomic mass is 16.5. The van der Waals surface area contributed by atoms with Crippen LogP contribution in [0.3, 0.4) is 0 Å². The van der Waals surface area contributed by atoms with Gasteiger partial charge in [0, 0.05) is 17.4 Å². The molecule has 0 bridgehead atoms. The number of amides is 1. The smallest absolute Gasteiger partial charge is 0.359 e. The van der Waals surface area contributed by atoms with Gasteiger partial charge < -0.3 is 10.1 Å². The van der Waals surface area contributed by atoms with E-state index < -0.39 is 18.0 Å². The molecule has 1 amide bonds. The molecule has 124 valence electrons. The molecule has 7 heteroatoms. The van der Waals surface area contributed by atoms with Gasteiger partial charge in [-0.1, -0.05) is 12.1 Å². The molecule has 1 heterocycles.